The molecule has 0 aliphatic carbocycles. The fourth-order valence-electron chi connectivity index (χ4n) is 4.23. The van der Waals surface area contributed by atoms with Gasteiger partial charge in [0.25, 0.3) is 5.56 Å². The highest BCUT2D eigenvalue weighted by Gasteiger charge is 2.19. The second-order valence-electron chi connectivity index (χ2n) is 8.09. The lowest BCUT2D eigenvalue weighted by Crippen LogP contribution is -2.46. The molecule has 1 fully saturated rings. The lowest BCUT2D eigenvalue weighted by molar-refractivity contribution is 0.249. The molecule has 9 heteroatoms. The predicted octanol–water partition coefficient (Wildman–Crippen LogP) is 2.19. The Morgan fingerprint density at radius 2 is 1.88 bits per heavy atom. The highest BCUT2D eigenvalue weighted by atomic mass is 16.1. The summed E-state index contributed by atoms with van der Waals surface area (Å²) >= 11 is 0. The van der Waals surface area contributed by atoms with Gasteiger partial charge in [0, 0.05) is 51.5 Å². The first-order chi connectivity index (χ1) is 15.6. The highest BCUT2D eigenvalue weighted by Crippen LogP contribution is 2.24. The van der Waals surface area contributed by atoms with E-state index in [1.807, 2.05) is 38.5 Å². The normalized spacial score (nSPS) is 14.9. The number of nitrogens with zero attached hydrogens (tertiary/aromatic N) is 6. The Balaban J connectivity index is 1.27. The fraction of sp³-hybridized carbons (Fsp3) is 0.348. The molecule has 5 rings (SSSR count). The summed E-state index contributed by atoms with van der Waals surface area (Å²) in [7, 11) is 1.86. The zero-order chi connectivity index (χ0) is 22.1. The van der Waals surface area contributed by atoms with E-state index in [1.165, 1.54) is 0 Å². The zero-order valence-corrected chi connectivity index (χ0v) is 18.3. The molecule has 0 bridgehead atoms. The number of aryl methyl sites for hydroxylation is 1. The van der Waals surface area contributed by atoms with Gasteiger partial charge >= 0.3 is 0 Å². The monoisotopic (exact) mass is 430 g/mol. The summed E-state index contributed by atoms with van der Waals surface area (Å²) in [5.41, 5.74) is 7.05. The van der Waals surface area contributed by atoms with Gasteiger partial charge in [-0.1, -0.05) is 6.92 Å². The first-order valence-electron chi connectivity index (χ1n) is 10.9. The fourth-order valence-corrected chi connectivity index (χ4v) is 4.23. The van der Waals surface area contributed by atoms with Gasteiger partial charge in [0.05, 0.1) is 34.8 Å². The average molecular weight is 431 g/mol. The third kappa shape index (κ3) is 3.87. The Kier molecular flexibility index (Phi) is 5.40. The molecule has 2 N–H and O–H groups in total. The summed E-state index contributed by atoms with van der Waals surface area (Å²) < 4.78 is 0. The Morgan fingerprint density at radius 1 is 1.03 bits per heavy atom. The standard InChI is InChI=1S/C23H26N8O/c1-3-16-9-18-19(28-23(16)32)8-15(11-25-18)14-30-4-6-31(7-5-30)17-10-20-22(26-12-17)21(24-2)13-27-29-20/h8-13H,3-7,14H2,1-2H3,(H,24,29)(H,28,32). The summed E-state index contributed by atoms with van der Waals surface area (Å²) in [6.07, 6.45) is 6.22. The van der Waals surface area contributed by atoms with Gasteiger partial charge in [-0.05, 0) is 30.2 Å². The maximum absolute atomic E-state index is 12.1. The van der Waals surface area contributed by atoms with Crippen molar-refractivity contribution in [3.05, 3.63) is 58.3 Å². The van der Waals surface area contributed by atoms with Gasteiger partial charge in [-0.25, -0.2) is 0 Å². The van der Waals surface area contributed by atoms with E-state index >= 15 is 0 Å². The molecule has 0 aromatic carbocycles. The molecule has 0 amide bonds. The Morgan fingerprint density at radius 3 is 2.66 bits per heavy atom. The van der Waals surface area contributed by atoms with E-state index in [0.717, 1.165) is 77.3 Å². The Hall–Kier alpha value is -3.59. The summed E-state index contributed by atoms with van der Waals surface area (Å²) in [6.45, 7) is 6.47. The average Bonchev–Trinajstić information content (AvgIpc) is 2.83. The molecule has 164 valence electrons. The maximum atomic E-state index is 12.1. The molecule has 0 saturated carbocycles. The van der Waals surface area contributed by atoms with E-state index in [-0.39, 0.29) is 5.56 Å². The number of fused-ring (bicyclic) bond motifs is 2. The molecule has 0 spiro atoms. The topological polar surface area (TPSA) is 103 Å². The van der Waals surface area contributed by atoms with Crippen molar-refractivity contribution in [3.8, 4) is 0 Å². The summed E-state index contributed by atoms with van der Waals surface area (Å²) in [5.74, 6) is 0. The van der Waals surface area contributed by atoms with Crippen molar-refractivity contribution in [2.45, 2.75) is 19.9 Å². The van der Waals surface area contributed by atoms with Crippen molar-refractivity contribution in [1.29, 1.82) is 0 Å². The molecule has 4 aromatic heterocycles. The smallest absolute Gasteiger partial charge is 0.251 e. The third-order valence-corrected chi connectivity index (χ3v) is 6.08. The molecule has 4 aromatic rings. The molecule has 0 atom stereocenters. The number of anilines is 2. The predicted molar refractivity (Wildman–Crippen MR) is 126 cm³/mol. The molecular formula is C23H26N8O. The molecule has 0 radical (unpaired) electrons. The van der Waals surface area contributed by atoms with Crippen LogP contribution in [0.4, 0.5) is 11.4 Å². The van der Waals surface area contributed by atoms with Gasteiger partial charge in [0.15, 0.2) is 0 Å². The zero-order valence-electron chi connectivity index (χ0n) is 18.3. The van der Waals surface area contributed by atoms with Crippen LogP contribution < -0.4 is 15.8 Å². The molecule has 32 heavy (non-hydrogen) atoms. The van der Waals surface area contributed by atoms with Crippen LogP contribution in [0.2, 0.25) is 0 Å². The number of hydrogen-bond acceptors (Lipinski definition) is 8. The Labute approximate surface area is 185 Å². The lowest BCUT2D eigenvalue weighted by atomic mass is 10.1. The summed E-state index contributed by atoms with van der Waals surface area (Å²) in [6, 6.07) is 5.99. The number of rotatable bonds is 5. The van der Waals surface area contributed by atoms with Crippen LogP contribution in [0, 0.1) is 0 Å². The number of hydrogen-bond donors (Lipinski definition) is 2. The third-order valence-electron chi connectivity index (χ3n) is 6.08. The van der Waals surface area contributed by atoms with E-state index in [2.05, 4.69) is 46.3 Å². The van der Waals surface area contributed by atoms with Gasteiger partial charge in [0.1, 0.15) is 11.0 Å². The van der Waals surface area contributed by atoms with E-state index in [0.29, 0.717) is 6.42 Å². The van der Waals surface area contributed by atoms with Crippen molar-refractivity contribution in [1.82, 2.24) is 30.0 Å². The molecule has 0 unspecified atom stereocenters. The van der Waals surface area contributed by atoms with Crippen LogP contribution in [0.1, 0.15) is 18.1 Å². The molecule has 1 aliphatic heterocycles. The maximum Gasteiger partial charge on any atom is 0.251 e. The molecule has 9 nitrogen and oxygen atoms in total. The lowest BCUT2D eigenvalue weighted by Gasteiger charge is -2.36. The van der Waals surface area contributed by atoms with Crippen LogP contribution in [0.25, 0.3) is 22.1 Å². The molecular weight excluding hydrogens is 404 g/mol. The number of pyridine rings is 3. The van der Waals surface area contributed by atoms with E-state index in [9.17, 15) is 4.79 Å². The van der Waals surface area contributed by atoms with Crippen LogP contribution in [0.5, 0.6) is 0 Å². The minimum Gasteiger partial charge on any atom is -0.385 e. The van der Waals surface area contributed by atoms with Crippen molar-refractivity contribution in [2.24, 2.45) is 0 Å². The van der Waals surface area contributed by atoms with Gasteiger partial charge in [-0.2, -0.15) is 5.10 Å². The second kappa shape index (κ2) is 8.51. The number of nitrogens with one attached hydrogen (secondary N) is 2. The van der Waals surface area contributed by atoms with Crippen molar-refractivity contribution in [3.63, 3.8) is 0 Å². The number of piperazine rings is 1. The van der Waals surface area contributed by atoms with Gasteiger partial charge in [-0.3, -0.25) is 19.7 Å². The van der Waals surface area contributed by atoms with E-state index in [4.69, 9.17) is 0 Å². The van der Waals surface area contributed by atoms with Crippen LogP contribution in [0.15, 0.2) is 41.6 Å². The number of H-pyrrole nitrogens is 1. The molecule has 5 heterocycles. The first kappa shape index (κ1) is 20.3. The van der Waals surface area contributed by atoms with Crippen molar-refractivity contribution < 1.29 is 0 Å². The van der Waals surface area contributed by atoms with Crippen LogP contribution >= 0.6 is 0 Å². The largest absolute Gasteiger partial charge is 0.385 e. The molecule has 1 aliphatic rings. The number of aromatic amines is 1. The van der Waals surface area contributed by atoms with Crippen LogP contribution in [0.3, 0.4) is 0 Å². The first-order valence-corrected chi connectivity index (χ1v) is 10.9. The highest BCUT2D eigenvalue weighted by molar-refractivity contribution is 5.88. The number of aromatic nitrogens is 5. The van der Waals surface area contributed by atoms with E-state index < -0.39 is 0 Å². The van der Waals surface area contributed by atoms with E-state index in [1.54, 1.807) is 6.20 Å². The van der Waals surface area contributed by atoms with Crippen LogP contribution in [-0.2, 0) is 13.0 Å². The minimum absolute atomic E-state index is 0.0249. The minimum atomic E-state index is -0.0249. The molecule has 1 saturated heterocycles. The van der Waals surface area contributed by atoms with Crippen LogP contribution in [-0.4, -0.2) is 63.3 Å². The quantitative estimate of drug-likeness (QED) is 0.497. The van der Waals surface area contributed by atoms with Crippen molar-refractivity contribution in [2.75, 3.05) is 43.4 Å². The van der Waals surface area contributed by atoms with Crippen molar-refractivity contribution >= 4 is 33.4 Å². The van der Waals surface area contributed by atoms with Gasteiger partial charge in [0.2, 0.25) is 0 Å². The SMILES string of the molecule is CCc1cc2ncc(CN3CCN(c4cnc5c(NC)cnnc5c4)CC3)cc2[nH]c1=O. The summed E-state index contributed by atoms with van der Waals surface area (Å²) in [4.78, 5) is 29.0. The Bertz CT molecular complexity index is 1330. The van der Waals surface area contributed by atoms with Gasteiger partial charge < -0.3 is 15.2 Å². The second-order valence-corrected chi connectivity index (χ2v) is 8.09. The summed E-state index contributed by atoms with van der Waals surface area (Å²) in [5, 5.41) is 11.4. The van der Waals surface area contributed by atoms with Gasteiger partial charge in [-0.15, -0.1) is 5.10 Å².